The summed E-state index contributed by atoms with van der Waals surface area (Å²) in [7, 11) is 0. The van der Waals surface area contributed by atoms with E-state index in [1.165, 1.54) is 18.9 Å². The van der Waals surface area contributed by atoms with Crippen LogP contribution in [0, 0.1) is 16.0 Å². The highest BCUT2D eigenvalue weighted by Gasteiger charge is 2.22. The molecule has 0 bridgehead atoms. The molecule has 0 radical (unpaired) electrons. The molecule has 0 unspecified atom stereocenters. The Morgan fingerprint density at radius 3 is 2.75 bits per heavy atom. The summed E-state index contributed by atoms with van der Waals surface area (Å²) < 4.78 is 0. The molecule has 1 aromatic carbocycles. The van der Waals surface area contributed by atoms with Crippen LogP contribution in [0.3, 0.4) is 0 Å². The summed E-state index contributed by atoms with van der Waals surface area (Å²) in [5, 5.41) is 13.7. The third kappa shape index (κ3) is 3.37. The standard InChI is InChI=1S/C12H15ClN4O3/c13-9-5-8(6-10(17(19)20)11(9)16-14)12(18)15-4-3-7-1-2-7/h5-7,16H,1-4,14H2,(H,15,18). The number of halogens is 1. The van der Waals surface area contributed by atoms with Crippen LogP contribution in [-0.2, 0) is 0 Å². The second-order valence-electron chi connectivity index (χ2n) is 4.74. The molecule has 108 valence electrons. The van der Waals surface area contributed by atoms with E-state index in [0.29, 0.717) is 12.5 Å². The Balaban J connectivity index is 2.13. The lowest BCUT2D eigenvalue weighted by Crippen LogP contribution is -2.25. The number of nitrogens with zero attached hydrogens (tertiary/aromatic N) is 1. The smallest absolute Gasteiger partial charge is 0.295 e. The number of rotatable bonds is 6. The Hall–Kier alpha value is -1.86. The molecule has 0 saturated heterocycles. The normalized spacial score (nSPS) is 13.9. The number of anilines is 1. The second kappa shape index (κ2) is 6.06. The quantitative estimate of drug-likeness (QED) is 0.423. The fourth-order valence-electron chi connectivity index (χ4n) is 1.91. The number of nitrogen functional groups attached to an aromatic ring is 1. The van der Waals surface area contributed by atoms with Gasteiger partial charge in [0.2, 0.25) is 0 Å². The largest absolute Gasteiger partial charge is 0.352 e. The van der Waals surface area contributed by atoms with E-state index in [-0.39, 0.29) is 27.9 Å². The number of nitro groups is 1. The van der Waals surface area contributed by atoms with Gasteiger partial charge in [-0.1, -0.05) is 24.4 Å². The minimum Gasteiger partial charge on any atom is -0.352 e. The fraction of sp³-hybridized carbons (Fsp3) is 0.417. The van der Waals surface area contributed by atoms with Gasteiger partial charge in [0.1, 0.15) is 5.69 Å². The predicted molar refractivity (Wildman–Crippen MR) is 75.6 cm³/mol. The average Bonchev–Trinajstić information content (AvgIpc) is 3.21. The number of benzene rings is 1. The maximum Gasteiger partial charge on any atom is 0.295 e. The van der Waals surface area contributed by atoms with E-state index in [0.717, 1.165) is 12.5 Å². The Kier molecular flexibility index (Phi) is 4.41. The number of hydrogen-bond acceptors (Lipinski definition) is 5. The van der Waals surface area contributed by atoms with Gasteiger partial charge in [0.15, 0.2) is 0 Å². The molecule has 0 aromatic heterocycles. The molecule has 8 heteroatoms. The number of nitrogens with one attached hydrogen (secondary N) is 2. The lowest BCUT2D eigenvalue weighted by Gasteiger charge is -2.08. The molecule has 1 fully saturated rings. The topological polar surface area (TPSA) is 110 Å². The van der Waals surface area contributed by atoms with Gasteiger partial charge in [-0.2, -0.15) is 0 Å². The monoisotopic (exact) mass is 298 g/mol. The van der Waals surface area contributed by atoms with Crippen molar-refractivity contribution in [3.63, 3.8) is 0 Å². The molecule has 20 heavy (non-hydrogen) atoms. The first-order chi connectivity index (χ1) is 9.52. The molecule has 1 amide bonds. The average molecular weight is 299 g/mol. The molecule has 4 N–H and O–H groups in total. The summed E-state index contributed by atoms with van der Waals surface area (Å²) in [5.41, 5.74) is 1.99. The van der Waals surface area contributed by atoms with Crippen LogP contribution in [0.1, 0.15) is 29.6 Å². The van der Waals surface area contributed by atoms with E-state index in [1.54, 1.807) is 0 Å². The lowest BCUT2D eigenvalue weighted by molar-refractivity contribution is -0.384. The molecule has 2 rings (SSSR count). The van der Waals surface area contributed by atoms with Gasteiger partial charge in [0, 0.05) is 18.2 Å². The maximum absolute atomic E-state index is 11.9. The van der Waals surface area contributed by atoms with Crippen LogP contribution in [0.5, 0.6) is 0 Å². The van der Waals surface area contributed by atoms with Crippen LogP contribution in [0.15, 0.2) is 12.1 Å². The second-order valence-corrected chi connectivity index (χ2v) is 5.15. The Morgan fingerprint density at radius 1 is 1.50 bits per heavy atom. The number of carbonyl (C=O) groups excluding carboxylic acids is 1. The van der Waals surface area contributed by atoms with E-state index in [9.17, 15) is 14.9 Å². The molecule has 0 heterocycles. The first-order valence-electron chi connectivity index (χ1n) is 6.25. The van der Waals surface area contributed by atoms with Gasteiger partial charge in [-0.25, -0.2) is 0 Å². The lowest BCUT2D eigenvalue weighted by atomic mass is 10.1. The van der Waals surface area contributed by atoms with Gasteiger partial charge in [0.05, 0.1) is 9.95 Å². The van der Waals surface area contributed by atoms with Crippen LogP contribution in [-0.4, -0.2) is 17.4 Å². The van der Waals surface area contributed by atoms with Crippen molar-refractivity contribution >= 4 is 28.9 Å². The molecule has 0 spiro atoms. The third-order valence-corrected chi connectivity index (χ3v) is 3.51. The van der Waals surface area contributed by atoms with E-state index < -0.39 is 4.92 Å². The molecule has 1 aliphatic carbocycles. The summed E-state index contributed by atoms with van der Waals surface area (Å²) in [6, 6.07) is 2.52. The Morgan fingerprint density at radius 2 is 2.20 bits per heavy atom. The van der Waals surface area contributed by atoms with Crippen molar-refractivity contribution < 1.29 is 9.72 Å². The highest BCUT2D eigenvalue weighted by molar-refractivity contribution is 6.34. The van der Waals surface area contributed by atoms with Gasteiger partial charge in [-0.15, -0.1) is 0 Å². The van der Waals surface area contributed by atoms with E-state index >= 15 is 0 Å². The van der Waals surface area contributed by atoms with Crippen molar-refractivity contribution in [1.82, 2.24) is 5.32 Å². The molecular formula is C12H15ClN4O3. The van der Waals surface area contributed by atoms with Crippen molar-refractivity contribution in [2.24, 2.45) is 11.8 Å². The minimum absolute atomic E-state index is 0.00815. The number of nitro benzene ring substituents is 1. The van der Waals surface area contributed by atoms with Gasteiger partial charge in [-0.3, -0.25) is 20.8 Å². The summed E-state index contributed by atoms with van der Waals surface area (Å²) in [5.74, 6) is 5.53. The van der Waals surface area contributed by atoms with Crippen molar-refractivity contribution in [3.05, 3.63) is 32.8 Å². The zero-order chi connectivity index (χ0) is 14.7. The zero-order valence-corrected chi connectivity index (χ0v) is 11.4. The number of hydrazine groups is 1. The molecule has 1 aliphatic rings. The molecule has 0 aliphatic heterocycles. The molecule has 1 saturated carbocycles. The van der Waals surface area contributed by atoms with Crippen molar-refractivity contribution in [3.8, 4) is 0 Å². The van der Waals surface area contributed by atoms with Crippen molar-refractivity contribution in [2.45, 2.75) is 19.3 Å². The third-order valence-electron chi connectivity index (χ3n) is 3.21. The number of amides is 1. The van der Waals surface area contributed by atoms with Gasteiger partial charge in [-0.05, 0) is 18.4 Å². The first-order valence-corrected chi connectivity index (χ1v) is 6.63. The summed E-state index contributed by atoms with van der Waals surface area (Å²) >= 11 is 5.89. The molecular weight excluding hydrogens is 284 g/mol. The number of hydrogen-bond donors (Lipinski definition) is 3. The zero-order valence-electron chi connectivity index (χ0n) is 10.7. The summed E-state index contributed by atoms with van der Waals surface area (Å²) in [6.07, 6.45) is 3.36. The maximum atomic E-state index is 11.9. The minimum atomic E-state index is -0.637. The van der Waals surface area contributed by atoms with E-state index in [2.05, 4.69) is 10.7 Å². The predicted octanol–water partition coefficient (Wildman–Crippen LogP) is 2.06. The van der Waals surface area contributed by atoms with Crippen LogP contribution in [0.25, 0.3) is 0 Å². The van der Waals surface area contributed by atoms with Crippen LogP contribution >= 0.6 is 11.6 Å². The van der Waals surface area contributed by atoms with Gasteiger partial charge in [0.25, 0.3) is 11.6 Å². The summed E-state index contributed by atoms with van der Waals surface area (Å²) in [6.45, 7) is 0.561. The SMILES string of the molecule is NNc1c(Cl)cc(C(=O)NCCC2CC2)cc1[N+](=O)[O-]. The Labute approximate surface area is 120 Å². The number of carbonyl (C=O) groups is 1. The first kappa shape index (κ1) is 14.5. The Bertz CT molecular complexity index is 546. The van der Waals surface area contributed by atoms with Gasteiger partial charge >= 0.3 is 0 Å². The van der Waals surface area contributed by atoms with Crippen LogP contribution in [0.2, 0.25) is 5.02 Å². The van der Waals surface area contributed by atoms with Crippen LogP contribution in [0.4, 0.5) is 11.4 Å². The van der Waals surface area contributed by atoms with Crippen molar-refractivity contribution in [2.75, 3.05) is 12.0 Å². The van der Waals surface area contributed by atoms with E-state index in [1.807, 2.05) is 0 Å². The van der Waals surface area contributed by atoms with E-state index in [4.69, 9.17) is 17.4 Å². The highest BCUT2D eigenvalue weighted by Crippen LogP contribution is 2.33. The molecule has 1 aromatic rings. The van der Waals surface area contributed by atoms with Crippen LogP contribution < -0.4 is 16.6 Å². The molecule has 7 nitrogen and oxygen atoms in total. The van der Waals surface area contributed by atoms with Gasteiger partial charge < -0.3 is 10.7 Å². The highest BCUT2D eigenvalue weighted by atomic mass is 35.5. The number of nitrogens with two attached hydrogens (primary N) is 1. The summed E-state index contributed by atoms with van der Waals surface area (Å²) in [4.78, 5) is 22.2. The van der Waals surface area contributed by atoms with Crippen molar-refractivity contribution in [1.29, 1.82) is 0 Å². The molecule has 0 atom stereocenters. The fourth-order valence-corrected chi connectivity index (χ4v) is 2.18.